The normalized spacial score (nSPS) is 34.4. The number of hydrogen-bond acceptors (Lipinski definition) is 3. The fraction of sp³-hybridized carbons (Fsp3) is 0.500. The zero-order valence-electron chi connectivity index (χ0n) is 16.8. The summed E-state index contributed by atoms with van der Waals surface area (Å²) >= 11 is 0. The van der Waals surface area contributed by atoms with Crippen molar-refractivity contribution < 1.29 is 4.79 Å². The van der Waals surface area contributed by atoms with Gasteiger partial charge in [0.2, 0.25) is 0 Å². The van der Waals surface area contributed by atoms with Crippen LogP contribution >= 0.6 is 0 Å². The number of likely N-dealkylation sites (tertiary alicyclic amines) is 2. The van der Waals surface area contributed by atoms with Gasteiger partial charge in [-0.2, -0.15) is 0 Å². The van der Waals surface area contributed by atoms with Crippen LogP contribution in [0.1, 0.15) is 48.7 Å². The fourth-order valence-electron chi connectivity index (χ4n) is 6.44. The van der Waals surface area contributed by atoms with E-state index in [9.17, 15) is 4.79 Å². The highest BCUT2D eigenvalue weighted by molar-refractivity contribution is 5.93. The Morgan fingerprint density at radius 2 is 1.86 bits per heavy atom. The van der Waals surface area contributed by atoms with Crippen molar-refractivity contribution in [3.8, 4) is 0 Å². The second-order valence-electron chi connectivity index (χ2n) is 9.09. The molecule has 4 nitrogen and oxygen atoms in total. The molecule has 2 aromatic rings. The second-order valence-corrected chi connectivity index (χ2v) is 9.09. The molecule has 28 heavy (non-hydrogen) atoms. The third-order valence-electron chi connectivity index (χ3n) is 7.68. The van der Waals surface area contributed by atoms with Crippen LogP contribution < -0.4 is 0 Å². The van der Waals surface area contributed by atoms with E-state index < -0.39 is 0 Å². The predicted molar refractivity (Wildman–Crippen MR) is 110 cm³/mol. The zero-order chi connectivity index (χ0) is 19.3. The molecule has 146 valence electrons. The number of likely N-dealkylation sites (N-methyl/N-ethyl adjacent to an activating group) is 1. The Bertz CT molecular complexity index is 855. The molecule has 3 fully saturated rings. The van der Waals surface area contributed by atoms with Gasteiger partial charge in [-0.15, -0.1) is 0 Å². The monoisotopic (exact) mass is 375 g/mol. The smallest absolute Gasteiger partial charge is 0.273 e. The Morgan fingerprint density at radius 1 is 1.11 bits per heavy atom. The Labute approximate surface area is 167 Å². The van der Waals surface area contributed by atoms with Gasteiger partial charge in [0.25, 0.3) is 5.91 Å². The summed E-state index contributed by atoms with van der Waals surface area (Å²) in [4.78, 5) is 23.0. The van der Waals surface area contributed by atoms with Crippen molar-refractivity contribution in [3.63, 3.8) is 0 Å². The van der Waals surface area contributed by atoms with Crippen molar-refractivity contribution in [2.24, 2.45) is 5.41 Å². The molecule has 0 radical (unpaired) electrons. The summed E-state index contributed by atoms with van der Waals surface area (Å²) in [5, 5.41) is 0. The van der Waals surface area contributed by atoms with Gasteiger partial charge in [0, 0.05) is 29.7 Å². The highest BCUT2D eigenvalue weighted by Crippen LogP contribution is 2.56. The van der Waals surface area contributed by atoms with Crippen LogP contribution in [0.4, 0.5) is 0 Å². The van der Waals surface area contributed by atoms with Crippen molar-refractivity contribution in [2.75, 3.05) is 7.05 Å². The Kier molecular flexibility index (Phi) is 4.27. The van der Waals surface area contributed by atoms with E-state index in [2.05, 4.69) is 59.1 Å². The number of rotatable bonds is 3. The fourth-order valence-corrected chi connectivity index (χ4v) is 6.44. The molecule has 5 rings (SSSR count). The topological polar surface area (TPSA) is 36.4 Å². The largest absolute Gasteiger partial charge is 0.329 e. The average molecular weight is 376 g/mol. The number of carbonyl (C=O) groups excluding carboxylic acids is 1. The molecule has 3 aliphatic rings. The molecule has 3 heterocycles. The first-order valence-electron chi connectivity index (χ1n) is 10.6. The molecule has 1 aromatic heterocycles. The number of hydrogen-bond donors (Lipinski definition) is 0. The molecule has 0 unspecified atom stereocenters. The van der Waals surface area contributed by atoms with Crippen molar-refractivity contribution in [1.82, 2.24) is 14.8 Å². The maximum Gasteiger partial charge on any atom is 0.273 e. The Morgan fingerprint density at radius 3 is 2.61 bits per heavy atom. The second kappa shape index (κ2) is 6.70. The number of benzene rings is 1. The SMILES string of the molecule is CN1[C@H]2CCC[C@H]3N(C(=O)c4ccccn4)[C@@H](Cc4ccccc4)[C@@H]1C[C@@]23C. The van der Waals surface area contributed by atoms with Gasteiger partial charge in [0.1, 0.15) is 5.69 Å². The summed E-state index contributed by atoms with van der Waals surface area (Å²) in [7, 11) is 2.29. The molecule has 2 saturated heterocycles. The first-order chi connectivity index (χ1) is 13.6. The van der Waals surface area contributed by atoms with Crippen LogP contribution in [0.25, 0.3) is 0 Å². The number of aromatic nitrogens is 1. The summed E-state index contributed by atoms with van der Waals surface area (Å²) in [5.41, 5.74) is 2.08. The summed E-state index contributed by atoms with van der Waals surface area (Å²) < 4.78 is 0. The van der Waals surface area contributed by atoms with Gasteiger partial charge in [-0.25, -0.2) is 0 Å². The Balaban J connectivity index is 1.58. The number of pyridine rings is 1. The van der Waals surface area contributed by atoms with Crippen LogP contribution in [0, 0.1) is 5.41 Å². The van der Waals surface area contributed by atoms with E-state index >= 15 is 0 Å². The predicted octanol–water partition coefficient (Wildman–Crippen LogP) is 3.78. The molecule has 2 aliphatic heterocycles. The van der Waals surface area contributed by atoms with Crippen molar-refractivity contribution in [1.29, 1.82) is 0 Å². The number of piperidine rings is 1. The first-order valence-corrected chi connectivity index (χ1v) is 10.6. The van der Waals surface area contributed by atoms with Crippen LogP contribution in [0.15, 0.2) is 54.7 Å². The minimum Gasteiger partial charge on any atom is -0.329 e. The van der Waals surface area contributed by atoms with E-state index in [1.54, 1.807) is 6.20 Å². The van der Waals surface area contributed by atoms with E-state index in [0.717, 1.165) is 12.8 Å². The third-order valence-corrected chi connectivity index (χ3v) is 7.68. The van der Waals surface area contributed by atoms with Gasteiger partial charge in [0.05, 0.1) is 6.04 Å². The first kappa shape index (κ1) is 17.9. The minimum atomic E-state index is 0.110. The lowest BCUT2D eigenvalue weighted by Crippen LogP contribution is -2.62. The lowest BCUT2D eigenvalue weighted by Gasteiger charge is -2.53. The number of fused-ring (bicyclic) bond motifs is 1. The Hall–Kier alpha value is -2.20. The molecule has 0 N–H and O–H groups in total. The van der Waals surface area contributed by atoms with E-state index in [-0.39, 0.29) is 17.4 Å². The molecule has 1 amide bonds. The third kappa shape index (κ3) is 2.61. The summed E-state index contributed by atoms with van der Waals surface area (Å²) in [5.74, 6) is 0.110. The van der Waals surface area contributed by atoms with Gasteiger partial charge in [-0.05, 0) is 56.8 Å². The molecule has 2 bridgehead atoms. The lowest BCUT2D eigenvalue weighted by molar-refractivity contribution is -0.0115. The standard InChI is InChI=1S/C24H29N3O/c1-24-16-20-19(15-17-9-4-3-5-10-17)27(23(28)18-11-6-7-14-25-18)22(24)13-8-12-21(24)26(20)2/h3-7,9-11,14,19-22H,8,12-13,15-16H2,1-2H3/t19-,20-,21-,22+,24-/m0/s1. The van der Waals surface area contributed by atoms with Crippen LogP contribution in [0.5, 0.6) is 0 Å². The van der Waals surface area contributed by atoms with Gasteiger partial charge in [-0.3, -0.25) is 14.7 Å². The molecule has 0 spiro atoms. The zero-order valence-corrected chi connectivity index (χ0v) is 16.8. The molecule has 1 aromatic carbocycles. The maximum absolute atomic E-state index is 13.7. The number of nitrogens with zero attached hydrogens (tertiary/aromatic N) is 3. The highest BCUT2D eigenvalue weighted by Gasteiger charge is 2.62. The van der Waals surface area contributed by atoms with Crippen LogP contribution in [-0.2, 0) is 6.42 Å². The summed E-state index contributed by atoms with van der Waals surface area (Å²) in [6.45, 7) is 2.43. The van der Waals surface area contributed by atoms with Crippen molar-refractivity contribution in [3.05, 3.63) is 66.0 Å². The van der Waals surface area contributed by atoms with E-state index in [1.165, 1.54) is 24.8 Å². The number of amides is 1. The van der Waals surface area contributed by atoms with Crippen LogP contribution in [0.2, 0.25) is 0 Å². The molecular formula is C24H29N3O. The molecule has 1 saturated carbocycles. The van der Waals surface area contributed by atoms with Gasteiger partial charge < -0.3 is 4.90 Å². The molecule has 1 aliphatic carbocycles. The molecule has 4 heteroatoms. The van der Waals surface area contributed by atoms with Crippen molar-refractivity contribution in [2.45, 2.75) is 63.2 Å². The highest BCUT2D eigenvalue weighted by atomic mass is 16.2. The quantitative estimate of drug-likeness (QED) is 0.819. The van der Waals surface area contributed by atoms with Gasteiger partial charge in [0.15, 0.2) is 0 Å². The minimum absolute atomic E-state index is 0.110. The van der Waals surface area contributed by atoms with Crippen molar-refractivity contribution >= 4 is 5.91 Å². The number of carbonyl (C=O) groups is 1. The lowest BCUT2D eigenvalue weighted by atomic mass is 9.64. The van der Waals surface area contributed by atoms with Crippen LogP contribution in [0.3, 0.4) is 0 Å². The average Bonchev–Trinajstić information content (AvgIpc) is 3.00. The van der Waals surface area contributed by atoms with E-state index in [0.29, 0.717) is 23.8 Å². The van der Waals surface area contributed by atoms with E-state index in [1.807, 2.05) is 18.2 Å². The molecule has 5 atom stereocenters. The van der Waals surface area contributed by atoms with Gasteiger partial charge in [-0.1, -0.05) is 43.3 Å². The summed E-state index contributed by atoms with van der Waals surface area (Å²) in [6.07, 6.45) is 7.40. The van der Waals surface area contributed by atoms with Crippen LogP contribution in [-0.4, -0.2) is 51.9 Å². The summed E-state index contributed by atoms with van der Waals surface area (Å²) in [6, 6.07) is 17.8. The molecular weight excluding hydrogens is 346 g/mol. The van der Waals surface area contributed by atoms with E-state index in [4.69, 9.17) is 0 Å². The maximum atomic E-state index is 13.7. The van der Waals surface area contributed by atoms with Gasteiger partial charge >= 0.3 is 0 Å².